The van der Waals surface area contributed by atoms with E-state index in [4.69, 9.17) is 18.9 Å². The summed E-state index contributed by atoms with van der Waals surface area (Å²) in [5.74, 6) is 4.68. The van der Waals surface area contributed by atoms with Gasteiger partial charge in [0, 0.05) is 78.1 Å². The normalized spacial score (nSPS) is 14.6. The average molecular weight is 1090 g/mol. The molecule has 0 saturated heterocycles. The number of anilines is 4. The molecule has 422 valence electrons. The van der Waals surface area contributed by atoms with Crippen LogP contribution in [0.5, 0.6) is 23.0 Å². The molecule has 0 bridgehead atoms. The second kappa shape index (κ2) is 24.3. The monoisotopic (exact) mass is 1090 g/mol. The third-order valence-electron chi connectivity index (χ3n) is 14.9. The Labute approximate surface area is 480 Å². The maximum Gasteiger partial charge on any atom is 0.162 e. The summed E-state index contributed by atoms with van der Waals surface area (Å²) in [7, 11) is 0. The van der Waals surface area contributed by atoms with Crippen LogP contribution >= 0.6 is 0 Å². The number of benzene rings is 5. The van der Waals surface area contributed by atoms with Crippen LogP contribution in [0.1, 0.15) is 128 Å². The summed E-state index contributed by atoms with van der Waals surface area (Å²) in [5.41, 5.74) is 14.0. The molecule has 4 aliphatic heterocycles. The van der Waals surface area contributed by atoms with E-state index in [9.17, 15) is 4.39 Å². The lowest BCUT2D eigenvalue weighted by Crippen LogP contribution is -2.32. The SMILES string of the molecule is CC(C)(C)c1ccc2c(c1)CN(c1ccc(F)cc1)CO2.CC(C)(C)c1ccc2c(c1)CN(c1ccccn1)CO2.CC(C)(C)c1ccc2c(c1)CN(c1cccnc1)CO2.CC(C)(C)c1ccc2c(c1)CN(c1ccncc1)CO2. The quantitative estimate of drug-likeness (QED) is 0.169. The van der Waals surface area contributed by atoms with E-state index >= 15 is 0 Å². The molecule has 0 spiro atoms. The number of hydrogen-bond donors (Lipinski definition) is 0. The molecule has 11 nitrogen and oxygen atoms in total. The van der Waals surface area contributed by atoms with E-state index in [1.54, 1.807) is 18.3 Å². The highest BCUT2D eigenvalue weighted by atomic mass is 19.1. The molecule has 0 saturated carbocycles. The number of fused-ring (bicyclic) bond motifs is 4. The van der Waals surface area contributed by atoms with E-state index in [-0.39, 0.29) is 27.5 Å². The number of ether oxygens (including phenoxy) is 4. The van der Waals surface area contributed by atoms with Crippen molar-refractivity contribution in [2.45, 2.75) is 131 Å². The van der Waals surface area contributed by atoms with Crippen molar-refractivity contribution in [1.82, 2.24) is 15.0 Å². The average Bonchev–Trinajstić information content (AvgIpc) is 3.55. The first kappa shape index (κ1) is 57.6. The number of pyridine rings is 3. The first-order valence-electron chi connectivity index (χ1n) is 28.1. The number of nitrogens with zero attached hydrogens (tertiary/aromatic N) is 7. The third-order valence-corrected chi connectivity index (χ3v) is 14.9. The molecular weight excluding hydrogens is 1010 g/mol. The van der Waals surface area contributed by atoms with Gasteiger partial charge in [0.1, 0.15) is 34.6 Å². The van der Waals surface area contributed by atoms with Crippen molar-refractivity contribution in [2.24, 2.45) is 0 Å². The van der Waals surface area contributed by atoms with Crippen molar-refractivity contribution in [2.75, 3.05) is 46.5 Å². The van der Waals surface area contributed by atoms with Crippen LogP contribution in [0.2, 0.25) is 0 Å². The Morgan fingerprint density at radius 2 is 0.741 bits per heavy atom. The van der Waals surface area contributed by atoms with Crippen LogP contribution in [0.3, 0.4) is 0 Å². The van der Waals surface area contributed by atoms with Crippen molar-refractivity contribution in [3.05, 3.63) is 221 Å². The Balaban J connectivity index is 0.000000130. The standard InChI is InChI=1S/C18H20FNO.3C17H20N2O/c1-18(2,3)14-4-9-17-13(10-14)11-20(12-21-17)16-7-5-15(19)6-8-16;1-17(2,3)14-4-5-16-13(10-14)11-19(12-20-16)15-6-8-18-9-7-15;1-17(2,3)14-6-7-16-13(9-14)11-19(12-20-16)15-5-4-8-18-10-15;1-17(2,3)14-7-8-15-13(10-14)11-19(12-20-15)16-6-4-5-9-18-16/h4-10H,11-12H2,1-3H3;3*4-10H,11-12H2,1-3H3. The Kier molecular flexibility index (Phi) is 17.3. The fourth-order valence-corrected chi connectivity index (χ4v) is 9.77. The number of halogens is 1. The summed E-state index contributed by atoms with van der Waals surface area (Å²) in [5, 5.41) is 0. The number of rotatable bonds is 4. The highest BCUT2D eigenvalue weighted by Crippen LogP contribution is 2.37. The van der Waals surface area contributed by atoms with Crippen LogP contribution < -0.4 is 38.5 Å². The van der Waals surface area contributed by atoms with Gasteiger partial charge in [-0.2, -0.15) is 0 Å². The van der Waals surface area contributed by atoms with Crippen LogP contribution in [0, 0.1) is 5.82 Å². The van der Waals surface area contributed by atoms with Gasteiger partial charge in [-0.05, 0) is 153 Å². The molecule has 0 amide bonds. The lowest BCUT2D eigenvalue weighted by Gasteiger charge is -2.32. The maximum absolute atomic E-state index is 13.0. The van der Waals surface area contributed by atoms with Crippen molar-refractivity contribution < 1.29 is 23.3 Å². The summed E-state index contributed by atoms with van der Waals surface area (Å²) >= 11 is 0. The summed E-state index contributed by atoms with van der Waals surface area (Å²) in [6.07, 6.45) is 9.12. The van der Waals surface area contributed by atoms with Crippen molar-refractivity contribution in [3.63, 3.8) is 0 Å². The zero-order valence-corrected chi connectivity index (χ0v) is 49.5. The first-order valence-corrected chi connectivity index (χ1v) is 28.1. The summed E-state index contributed by atoms with van der Waals surface area (Å²) in [6, 6.07) is 46.5. The van der Waals surface area contributed by atoms with Gasteiger partial charge in [-0.1, -0.05) is 113 Å². The lowest BCUT2D eigenvalue weighted by atomic mass is 9.86. The third kappa shape index (κ3) is 14.8. The van der Waals surface area contributed by atoms with Crippen molar-refractivity contribution >= 4 is 22.9 Å². The molecule has 3 aromatic heterocycles. The van der Waals surface area contributed by atoms with Gasteiger partial charge in [0.05, 0.1) is 18.4 Å². The molecule has 8 aromatic rings. The van der Waals surface area contributed by atoms with Gasteiger partial charge >= 0.3 is 0 Å². The Morgan fingerprint density at radius 1 is 0.358 bits per heavy atom. The maximum atomic E-state index is 13.0. The molecule has 81 heavy (non-hydrogen) atoms. The number of aromatic nitrogens is 3. The highest BCUT2D eigenvalue weighted by molar-refractivity contribution is 5.54. The minimum atomic E-state index is -0.216. The molecule has 12 rings (SSSR count). The highest BCUT2D eigenvalue weighted by Gasteiger charge is 2.26. The van der Waals surface area contributed by atoms with Gasteiger partial charge in [-0.15, -0.1) is 0 Å². The predicted molar refractivity (Wildman–Crippen MR) is 326 cm³/mol. The topological polar surface area (TPSA) is 88.5 Å². The molecule has 0 N–H and O–H groups in total. The summed E-state index contributed by atoms with van der Waals surface area (Å²) in [4.78, 5) is 21.3. The van der Waals surface area contributed by atoms with Crippen molar-refractivity contribution in [1.29, 1.82) is 0 Å². The smallest absolute Gasteiger partial charge is 0.162 e. The lowest BCUT2D eigenvalue weighted by molar-refractivity contribution is 0.288. The molecule has 0 unspecified atom stereocenters. The molecule has 5 aromatic carbocycles. The van der Waals surface area contributed by atoms with Crippen LogP contribution in [0.15, 0.2) is 171 Å². The summed E-state index contributed by atoms with van der Waals surface area (Å²) in [6.45, 7) is 32.3. The Bertz CT molecular complexity index is 3090. The molecule has 0 fully saturated rings. The second-order valence-corrected chi connectivity index (χ2v) is 25.3. The Hall–Kier alpha value is -8.12. The van der Waals surface area contributed by atoms with E-state index in [1.807, 2.05) is 61.2 Å². The Morgan fingerprint density at radius 3 is 1.11 bits per heavy atom. The van der Waals surface area contributed by atoms with Gasteiger partial charge in [0.25, 0.3) is 0 Å². The predicted octanol–water partition coefficient (Wildman–Crippen LogP) is 15.7. The van der Waals surface area contributed by atoms with Gasteiger partial charge in [0.15, 0.2) is 26.9 Å². The van der Waals surface area contributed by atoms with Crippen LogP contribution in [0.25, 0.3) is 0 Å². The molecule has 0 radical (unpaired) electrons. The molecule has 4 aliphatic rings. The van der Waals surface area contributed by atoms with E-state index in [0.717, 1.165) is 72.1 Å². The zero-order valence-electron chi connectivity index (χ0n) is 49.5. The van der Waals surface area contributed by atoms with Gasteiger partial charge in [-0.25, -0.2) is 9.37 Å². The van der Waals surface area contributed by atoms with E-state index in [2.05, 4.69) is 196 Å². The summed E-state index contributed by atoms with van der Waals surface area (Å²) < 4.78 is 36.4. The molecule has 0 atom stereocenters. The fraction of sp³-hybridized carbons (Fsp3) is 0.348. The molecule has 0 aliphatic carbocycles. The zero-order chi connectivity index (χ0) is 57.5. The van der Waals surface area contributed by atoms with E-state index in [0.29, 0.717) is 26.9 Å². The molecule has 7 heterocycles. The van der Waals surface area contributed by atoms with Crippen LogP contribution in [0.4, 0.5) is 27.3 Å². The van der Waals surface area contributed by atoms with Crippen LogP contribution in [-0.4, -0.2) is 41.9 Å². The molecule has 12 heteroatoms. The van der Waals surface area contributed by atoms with E-state index in [1.165, 1.54) is 56.6 Å². The van der Waals surface area contributed by atoms with Gasteiger partial charge < -0.3 is 38.5 Å². The second-order valence-electron chi connectivity index (χ2n) is 25.3. The minimum absolute atomic E-state index is 0.118. The number of hydrogen-bond acceptors (Lipinski definition) is 11. The van der Waals surface area contributed by atoms with Gasteiger partial charge in [-0.3, -0.25) is 9.97 Å². The molecular formula is C69H80FN7O4. The fourth-order valence-electron chi connectivity index (χ4n) is 9.77. The van der Waals surface area contributed by atoms with E-state index < -0.39 is 0 Å². The van der Waals surface area contributed by atoms with Gasteiger partial charge in [0.2, 0.25) is 0 Å². The van der Waals surface area contributed by atoms with Crippen LogP contribution in [-0.2, 0) is 47.8 Å². The minimum Gasteiger partial charge on any atom is -0.473 e. The largest absolute Gasteiger partial charge is 0.473 e. The first-order chi connectivity index (χ1) is 38.5. The van der Waals surface area contributed by atoms with Crippen molar-refractivity contribution in [3.8, 4) is 23.0 Å².